The largest absolute Gasteiger partial charge is 0.470 e. The third kappa shape index (κ3) is 3.60. The van der Waals surface area contributed by atoms with Gasteiger partial charge in [-0.05, 0) is 40.5 Å². The number of rotatable bonds is 2. The van der Waals surface area contributed by atoms with E-state index in [1.54, 1.807) is 17.3 Å². The van der Waals surface area contributed by atoms with Crippen molar-refractivity contribution >= 4 is 11.7 Å². The maximum atomic E-state index is 12.4. The average molecular weight is 332 g/mol. The molecule has 24 heavy (non-hydrogen) atoms. The van der Waals surface area contributed by atoms with Crippen LogP contribution in [-0.2, 0) is 4.74 Å². The standard InChI is InChI=1S/C17H24N4O3/c1-12-5-6-13(11-21(12)16(22)24-17(2,3)4)23-15-14-18-7-9-20(14)10-8-19-15/h7-10,12-13H,5-6,11H2,1-4H3. The maximum Gasteiger partial charge on any atom is 0.410 e. The Morgan fingerprint density at radius 1 is 1.21 bits per heavy atom. The molecular formula is C17H24N4O3. The van der Waals surface area contributed by atoms with Gasteiger partial charge in [-0.15, -0.1) is 0 Å². The molecule has 0 saturated carbocycles. The van der Waals surface area contributed by atoms with Crippen LogP contribution in [0.2, 0.25) is 0 Å². The molecule has 1 fully saturated rings. The Morgan fingerprint density at radius 3 is 2.62 bits per heavy atom. The minimum absolute atomic E-state index is 0.121. The van der Waals surface area contributed by atoms with E-state index in [-0.39, 0.29) is 18.2 Å². The fourth-order valence-electron chi connectivity index (χ4n) is 2.82. The first kappa shape index (κ1) is 16.5. The molecule has 0 aromatic carbocycles. The third-order valence-corrected chi connectivity index (χ3v) is 4.02. The molecule has 3 heterocycles. The molecule has 1 aliphatic heterocycles. The number of carbonyl (C=O) groups excluding carboxylic acids is 1. The Bertz CT molecular complexity index is 722. The molecule has 2 aromatic heterocycles. The molecule has 130 valence electrons. The number of likely N-dealkylation sites (tertiary alicyclic amines) is 1. The zero-order valence-corrected chi connectivity index (χ0v) is 14.6. The lowest BCUT2D eigenvalue weighted by molar-refractivity contribution is -0.00581. The quantitative estimate of drug-likeness (QED) is 0.846. The molecule has 2 atom stereocenters. The van der Waals surface area contributed by atoms with Gasteiger partial charge in [-0.2, -0.15) is 0 Å². The van der Waals surface area contributed by atoms with E-state index in [0.717, 1.165) is 12.8 Å². The number of piperidine rings is 1. The Kier molecular flexibility index (Phi) is 4.34. The molecular weight excluding hydrogens is 308 g/mol. The van der Waals surface area contributed by atoms with Crippen molar-refractivity contribution in [2.24, 2.45) is 0 Å². The van der Waals surface area contributed by atoms with E-state index in [1.807, 2.05) is 44.5 Å². The molecule has 1 saturated heterocycles. The van der Waals surface area contributed by atoms with Crippen molar-refractivity contribution in [3.8, 4) is 5.88 Å². The van der Waals surface area contributed by atoms with Crippen LogP contribution in [0.5, 0.6) is 5.88 Å². The van der Waals surface area contributed by atoms with Crippen LogP contribution in [-0.4, -0.2) is 49.7 Å². The van der Waals surface area contributed by atoms with Crippen molar-refractivity contribution in [1.82, 2.24) is 19.3 Å². The van der Waals surface area contributed by atoms with E-state index in [4.69, 9.17) is 9.47 Å². The second-order valence-corrected chi connectivity index (χ2v) is 7.19. The van der Waals surface area contributed by atoms with E-state index >= 15 is 0 Å². The minimum Gasteiger partial charge on any atom is -0.470 e. The molecule has 0 N–H and O–H groups in total. The zero-order chi connectivity index (χ0) is 17.3. The number of hydrogen-bond acceptors (Lipinski definition) is 5. The molecule has 0 spiro atoms. The number of fused-ring (bicyclic) bond motifs is 1. The van der Waals surface area contributed by atoms with E-state index < -0.39 is 5.60 Å². The minimum atomic E-state index is -0.506. The molecule has 0 bridgehead atoms. The Labute approximate surface area is 141 Å². The van der Waals surface area contributed by atoms with Gasteiger partial charge in [0, 0.05) is 30.8 Å². The number of hydrogen-bond donors (Lipinski definition) is 0. The van der Waals surface area contributed by atoms with Crippen LogP contribution in [0.1, 0.15) is 40.5 Å². The van der Waals surface area contributed by atoms with Crippen molar-refractivity contribution in [1.29, 1.82) is 0 Å². The highest BCUT2D eigenvalue weighted by molar-refractivity contribution is 5.68. The molecule has 1 aliphatic rings. The van der Waals surface area contributed by atoms with Crippen molar-refractivity contribution in [2.75, 3.05) is 6.54 Å². The molecule has 0 radical (unpaired) electrons. The number of imidazole rings is 1. The van der Waals surface area contributed by atoms with Crippen LogP contribution >= 0.6 is 0 Å². The van der Waals surface area contributed by atoms with E-state index in [1.165, 1.54) is 0 Å². The normalized spacial score (nSPS) is 21.8. The predicted octanol–water partition coefficient (Wildman–Crippen LogP) is 2.90. The summed E-state index contributed by atoms with van der Waals surface area (Å²) in [6, 6.07) is 0.134. The molecule has 3 rings (SSSR count). The first-order valence-corrected chi connectivity index (χ1v) is 8.27. The van der Waals surface area contributed by atoms with Crippen LogP contribution < -0.4 is 4.74 Å². The smallest absolute Gasteiger partial charge is 0.410 e. The summed E-state index contributed by atoms with van der Waals surface area (Å²) in [5.74, 6) is 0.492. The summed E-state index contributed by atoms with van der Waals surface area (Å²) >= 11 is 0. The predicted molar refractivity (Wildman–Crippen MR) is 89.0 cm³/mol. The van der Waals surface area contributed by atoms with Crippen LogP contribution in [0, 0.1) is 0 Å². The number of amides is 1. The van der Waals surface area contributed by atoms with Crippen LogP contribution in [0.4, 0.5) is 4.79 Å². The van der Waals surface area contributed by atoms with E-state index in [9.17, 15) is 4.79 Å². The van der Waals surface area contributed by atoms with Crippen LogP contribution in [0.15, 0.2) is 24.8 Å². The highest BCUT2D eigenvalue weighted by Crippen LogP contribution is 2.24. The van der Waals surface area contributed by atoms with Gasteiger partial charge in [0.25, 0.3) is 5.88 Å². The highest BCUT2D eigenvalue weighted by atomic mass is 16.6. The summed E-state index contributed by atoms with van der Waals surface area (Å²) in [7, 11) is 0. The first-order chi connectivity index (χ1) is 11.3. The first-order valence-electron chi connectivity index (χ1n) is 8.27. The van der Waals surface area contributed by atoms with Gasteiger partial charge in [-0.1, -0.05) is 0 Å². The van der Waals surface area contributed by atoms with Gasteiger partial charge < -0.3 is 18.8 Å². The topological polar surface area (TPSA) is 69.0 Å². The van der Waals surface area contributed by atoms with Crippen LogP contribution in [0.25, 0.3) is 5.65 Å². The van der Waals surface area contributed by atoms with Gasteiger partial charge >= 0.3 is 6.09 Å². The van der Waals surface area contributed by atoms with Gasteiger partial charge in [-0.3, -0.25) is 0 Å². The second kappa shape index (κ2) is 6.30. The lowest BCUT2D eigenvalue weighted by Crippen LogP contribution is -2.50. The summed E-state index contributed by atoms with van der Waals surface area (Å²) in [6.07, 6.45) is 8.37. The lowest BCUT2D eigenvalue weighted by atomic mass is 10.0. The van der Waals surface area contributed by atoms with E-state index in [0.29, 0.717) is 18.1 Å². The molecule has 7 heteroatoms. The fourth-order valence-corrected chi connectivity index (χ4v) is 2.82. The molecule has 2 unspecified atom stereocenters. The Balaban J connectivity index is 1.71. The van der Waals surface area contributed by atoms with Gasteiger partial charge in [0.1, 0.15) is 11.7 Å². The molecule has 2 aromatic rings. The van der Waals surface area contributed by atoms with Crippen molar-refractivity contribution in [3.63, 3.8) is 0 Å². The zero-order valence-electron chi connectivity index (χ0n) is 14.6. The maximum absolute atomic E-state index is 12.4. The molecule has 1 amide bonds. The summed E-state index contributed by atoms with van der Waals surface area (Å²) in [6.45, 7) is 8.14. The monoisotopic (exact) mass is 332 g/mol. The van der Waals surface area contributed by atoms with Gasteiger partial charge in [0.15, 0.2) is 5.65 Å². The number of nitrogens with zero attached hydrogens (tertiary/aromatic N) is 4. The number of ether oxygens (including phenoxy) is 2. The fraction of sp³-hybridized carbons (Fsp3) is 0.588. The summed E-state index contributed by atoms with van der Waals surface area (Å²) < 4.78 is 13.4. The Hall–Kier alpha value is -2.31. The van der Waals surface area contributed by atoms with Crippen molar-refractivity contribution in [2.45, 2.75) is 58.3 Å². The van der Waals surface area contributed by atoms with Gasteiger partial charge in [0.2, 0.25) is 0 Å². The average Bonchev–Trinajstić information content (AvgIpc) is 2.97. The van der Waals surface area contributed by atoms with Crippen molar-refractivity contribution < 1.29 is 14.3 Å². The number of aromatic nitrogens is 3. The highest BCUT2D eigenvalue weighted by Gasteiger charge is 2.33. The van der Waals surface area contributed by atoms with Crippen molar-refractivity contribution in [3.05, 3.63) is 24.8 Å². The second-order valence-electron chi connectivity index (χ2n) is 7.19. The summed E-state index contributed by atoms with van der Waals surface area (Å²) in [5, 5.41) is 0. The summed E-state index contributed by atoms with van der Waals surface area (Å²) in [5.41, 5.74) is 0.174. The molecule has 7 nitrogen and oxygen atoms in total. The SMILES string of the molecule is CC1CCC(Oc2nccn3ccnc23)CN1C(=O)OC(C)(C)C. The van der Waals surface area contributed by atoms with E-state index in [2.05, 4.69) is 9.97 Å². The Morgan fingerprint density at radius 2 is 1.92 bits per heavy atom. The number of carbonyl (C=O) groups is 1. The van der Waals surface area contributed by atoms with Gasteiger partial charge in [-0.25, -0.2) is 14.8 Å². The molecule has 0 aliphatic carbocycles. The summed E-state index contributed by atoms with van der Waals surface area (Å²) in [4.78, 5) is 22.7. The van der Waals surface area contributed by atoms with Gasteiger partial charge in [0.05, 0.1) is 6.54 Å². The van der Waals surface area contributed by atoms with Crippen LogP contribution in [0.3, 0.4) is 0 Å². The third-order valence-electron chi connectivity index (χ3n) is 4.02. The lowest BCUT2D eigenvalue weighted by Gasteiger charge is -2.38.